The van der Waals surface area contributed by atoms with Gasteiger partial charge in [0.2, 0.25) is 0 Å². The molecule has 2 fully saturated rings. The van der Waals surface area contributed by atoms with Gasteiger partial charge in [-0.3, -0.25) is 19.7 Å². The molecular weight excluding hydrogens is 382 g/mol. The van der Waals surface area contributed by atoms with Gasteiger partial charge in [0.1, 0.15) is 10.9 Å². The standard InChI is InChI=1S/C19H25N3O5S/c1-27-19(24)17-13-21(10-11-28-17)18(23)14-6-7-15(16(12-14)22(25)26)20-8-4-2-3-5-9-20/h6-7,12,17H,2-5,8-11,13H2,1H3/t17-/m1/s1. The average molecular weight is 407 g/mol. The maximum Gasteiger partial charge on any atom is 0.320 e. The van der Waals surface area contributed by atoms with Gasteiger partial charge in [0, 0.05) is 43.6 Å². The summed E-state index contributed by atoms with van der Waals surface area (Å²) in [6.45, 7) is 2.33. The van der Waals surface area contributed by atoms with Crippen LogP contribution < -0.4 is 4.90 Å². The Kier molecular flexibility index (Phi) is 6.77. The minimum absolute atomic E-state index is 0.0383. The number of carbonyl (C=O) groups excluding carboxylic acids is 2. The highest BCUT2D eigenvalue weighted by Crippen LogP contribution is 2.32. The van der Waals surface area contributed by atoms with Crippen molar-refractivity contribution in [1.82, 2.24) is 4.90 Å². The van der Waals surface area contributed by atoms with Crippen LogP contribution in [0.2, 0.25) is 0 Å². The Hall–Kier alpha value is -2.29. The molecule has 2 saturated heterocycles. The van der Waals surface area contributed by atoms with E-state index in [0.29, 0.717) is 18.0 Å². The minimum atomic E-state index is -0.422. The molecular formula is C19H25N3O5S. The third kappa shape index (κ3) is 4.57. The normalized spacial score (nSPS) is 20.4. The number of hydrogen-bond acceptors (Lipinski definition) is 7. The first kappa shape index (κ1) is 20.4. The molecule has 0 unspecified atom stereocenters. The summed E-state index contributed by atoms with van der Waals surface area (Å²) in [7, 11) is 1.33. The van der Waals surface area contributed by atoms with E-state index < -0.39 is 10.2 Å². The first-order valence-corrected chi connectivity index (χ1v) is 10.6. The number of nitro benzene ring substituents is 1. The molecule has 0 bridgehead atoms. The second kappa shape index (κ2) is 9.27. The lowest BCUT2D eigenvalue weighted by molar-refractivity contribution is -0.384. The highest BCUT2D eigenvalue weighted by atomic mass is 32.2. The van der Waals surface area contributed by atoms with E-state index in [1.165, 1.54) is 24.9 Å². The highest BCUT2D eigenvalue weighted by molar-refractivity contribution is 8.00. The third-order valence-corrected chi connectivity index (χ3v) is 6.35. The van der Waals surface area contributed by atoms with E-state index >= 15 is 0 Å². The van der Waals surface area contributed by atoms with Crippen molar-refractivity contribution in [2.24, 2.45) is 0 Å². The summed E-state index contributed by atoms with van der Waals surface area (Å²) >= 11 is 1.46. The number of thioether (sulfide) groups is 1. The molecule has 2 aliphatic rings. The minimum Gasteiger partial charge on any atom is -0.468 e. The molecule has 0 aliphatic carbocycles. The van der Waals surface area contributed by atoms with Crippen LogP contribution in [0.25, 0.3) is 0 Å². The molecule has 1 aromatic rings. The zero-order valence-corrected chi connectivity index (χ0v) is 16.8. The lowest BCUT2D eigenvalue weighted by Gasteiger charge is -2.31. The number of nitrogens with zero attached hydrogens (tertiary/aromatic N) is 3. The first-order chi connectivity index (χ1) is 13.5. The molecule has 0 aromatic heterocycles. The Labute approximate surface area is 168 Å². The van der Waals surface area contributed by atoms with Gasteiger partial charge >= 0.3 is 5.97 Å². The number of nitro groups is 1. The van der Waals surface area contributed by atoms with E-state index in [-0.39, 0.29) is 29.7 Å². The van der Waals surface area contributed by atoms with Crippen molar-refractivity contribution < 1.29 is 19.2 Å². The van der Waals surface area contributed by atoms with Gasteiger partial charge in [0.15, 0.2) is 0 Å². The Morgan fingerprint density at radius 1 is 1.18 bits per heavy atom. The van der Waals surface area contributed by atoms with E-state index in [2.05, 4.69) is 0 Å². The molecule has 2 heterocycles. The number of rotatable bonds is 4. The monoisotopic (exact) mass is 407 g/mol. The van der Waals surface area contributed by atoms with Gasteiger partial charge < -0.3 is 14.5 Å². The van der Waals surface area contributed by atoms with Crippen LogP contribution in [0.4, 0.5) is 11.4 Å². The molecule has 0 saturated carbocycles. The molecule has 28 heavy (non-hydrogen) atoms. The predicted octanol–water partition coefficient (Wildman–Crippen LogP) is 2.71. The van der Waals surface area contributed by atoms with E-state index in [0.717, 1.165) is 38.8 Å². The molecule has 1 amide bonds. The molecule has 0 radical (unpaired) electrons. The first-order valence-electron chi connectivity index (χ1n) is 9.53. The van der Waals surface area contributed by atoms with Crippen molar-refractivity contribution in [3.05, 3.63) is 33.9 Å². The largest absolute Gasteiger partial charge is 0.468 e. The van der Waals surface area contributed by atoms with Gasteiger partial charge in [0.25, 0.3) is 11.6 Å². The van der Waals surface area contributed by atoms with Gasteiger partial charge in [-0.1, -0.05) is 12.8 Å². The molecule has 2 aliphatic heterocycles. The van der Waals surface area contributed by atoms with Crippen LogP contribution in [-0.2, 0) is 9.53 Å². The van der Waals surface area contributed by atoms with Crippen molar-refractivity contribution in [2.75, 3.05) is 43.9 Å². The van der Waals surface area contributed by atoms with Crippen LogP contribution in [0.5, 0.6) is 0 Å². The number of amides is 1. The van der Waals surface area contributed by atoms with Gasteiger partial charge in [0.05, 0.1) is 12.0 Å². The summed E-state index contributed by atoms with van der Waals surface area (Å²) in [6.07, 6.45) is 4.29. The fraction of sp³-hybridized carbons (Fsp3) is 0.579. The van der Waals surface area contributed by atoms with E-state index in [9.17, 15) is 19.7 Å². The number of benzene rings is 1. The van der Waals surface area contributed by atoms with Crippen LogP contribution in [-0.4, -0.2) is 66.0 Å². The van der Waals surface area contributed by atoms with E-state index in [1.807, 2.05) is 4.90 Å². The van der Waals surface area contributed by atoms with Gasteiger partial charge in [-0.25, -0.2) is 0 Å². The fourth-order valence-corrected chi connectivity index (χ4v) is 4.80. The highest BCUT2D eigenvalue weighted by Gasteiger charge is 2.31. The summed E-state index contributed by atoms with van der Waals surface area (Å²) in [5.74, 6) is -0.0239. The van der Waals surface area contributed by atoms with Crippen molar-refractivity contribution in [3.63, 3.8) is 0 Å². The van der Waals surface area contributed by atoms with Gasteiger partial charge in [-0.2, -0.15) is 0 Å². The molecule has 3 rings (SSSR count). The molecule has 152 valence electrons. The van der Waals surface area contributed by atoms with Crippen molar-refractivity contribution in [2.45, 2.75) is 30.9 Å². The molecule has 0 spiro atoms. The summed E-state index contributed by atoms with van der Waals surface area (Å²) in [6, 6.07) is 4.72. The zero-order valence-electron chi connectivity index (χ0n) is 16.0. The van der Waals surface area contributed by atoms with Crippen molar-refractivity contribution >= 4 is 35.0 Å². The number of esters is 1. The third-order valence-electron chi connectivity index (χ3n) is 5.18. The number of methoxy groups -OCH3 is 1. The summed E-state index contributed by atoms with van der Waals surface area (Å²) in [5, 5.41) is 11.2. The Morgan fingerprint density at radius 3 is 2.54 bits per heavy atom. The number of ether oxygens (including phenoxy) is 1. The Bertz CT molecular complexity index is 749. The fourth-order valence-electron chi connectivity index (χ4n) is 3.67. The Morgan fingerprint density at radius 2 is 1.89 bits per heavy atom. The maximum absolute atomic E-state index is 12.9. The summed E-state index contributed by atoms with van der Waals surface area (Å²) in [5.41, 5.74) is 0.814. The van der Waals surface area contributed by atoms with Crippen LogP contribution >= 0.6 is 11.8 Å². The number of hydrogen-bond donors (Lipinski definition) is 0. The van der Waals surface area contributed by atoms with Crippen molar-refractivity contribution in [1.29, 1.82) is 0 Å². The summed E-state index contributed by atoms with van der Waals surface area (Å²) in [4.78, 5) is 39.6. The van der Waals surface area contributed by atoms with Crippen LogP contribution in [0, 0.1) is 10.1 Å². The van der Waals surface area contributed by atoms with Crippen molar-refractivity contribution in [3.8, 4) is 0 Å². The summed E-state index contributed by atoms with van der Waals surface area (Å²) < 4.78 is 4.77. The average Bonchev–Trinajstić information content (AvgIpc) is 3.01. The molecule has 9 heteroatoms. The second-order valence-electron chi connectivity index (χ2n) is 7.00. The Balaban J connectivity index is 1.82. The van der Waals surface area contributed by atoms with Gasteiger partial charge in [-0.15, -0.1) is 11.8 Å². The number of carbonyl (C=O) groups is 2. The van der Waals surface area contributed by atoms with Crippen LogP contribution in [0.15, 0.2) is 18.2 Å². The maximum atomic E-state index is 12.9. The zero-order chi connectivity index (χ0) is 20.1. The lowest BCUT2D eigenvalue weighted by atomic mass is 10.1. The van der Waals surface area contributed by atoms with Crippen LogP contribution in [0.1, 0.15) is 36.0 Å². The lowest BCUT2D eigenvalue weighted by Crippen LogP contribution is -2.45. The SMILES string of the molecule is COC(=O)[C@H]1CN(C(=O)c2ccc(N3CCCCCC3)c([N+](=O)[O-])c2)CCS1. The molecule has 8 nitrogen and oxygen atoms in total. The molecule has 1 aromatic carbocycles. The predicted molar refractivity (Wildman–Crippen MR) is 108 cm³/mol. The molecule has 0 N–H and O–H groups in total. The molecule has 1 atom stereocenters. The van der Waals surface area contributed by atoms with Crippen LogP contribution in [0.3, 0.4) is 0 Å². The van der Waals surface area contributed by atoms with E-state index in [4.69, 9.17) is 4.74 Å². The van der Waals surface area contributed by atoms with Gasteiger partial charge in [-0.05, 0) is 25.0 Å². The van der Waals surface area contributed by atoms with E-state index in [1.54, 1.807) is 17.0 Å². The topological polar surface area (TPSA) is 93.0 Å². The second-order valence-corrected chi connectivity index (χ2v) is 8.31. The smallest absolute Gasteiger partial charge is 0.320 e. The number of anilines is 1. The quantitative estimate of drug-likeness (QED) is 0.430.